The highest BCUT2D eigenvalue weighted by molar-refractivity contribution is 5.16. The molecule has 0 fully saturated rings. The molecule has 4 nitrogen and oxygen atoms in total. The average Bonchev–Trinajstić information content (AvgIpc) is 2.39. The Morgan fingerprint density at radius 3 is 2.25 bits per heavy atom. The maximum atomic E-state index is 12.7. The third-order valence-electron chi connectivity index (χ3n) is 2.88. The van der Waals surface area contributed by atoms with Crippen LogP contribution in [0.2, 0.25) is 0 Å². The van der Waals surface area contributed by atoms with E-state index < -0.39 is 23.1 Å². The van der Waals surface area contributed by atoms with E-state index in [0.29, 0.717) is 16.2 Å². The van der Waals surface area contributed by atoms with Crippen molar-refractivity contribution in [3.05, 3.63) is 68.5 Å². The van der Waals surface area contributed by atoms with Crippen LogP contribution >= 0.6 is 0 Å². The third kappa shape index (κ3) is 2.66. The number of aromatic nitrogens is 2. The van der Waals surface area contributed by atoms with E-state index in [4.69, 9.17) is 0 Å². The zero-order chi connectivity index (χ0) is 14.9. The number of alkyl halides is 3. The molecule has 1 aromatic heterocycles. The van der Waals surface area contributed by atoms with Gasteiger partial charge in [0, 0.05) is 13.1 Å². The van der Waals surface area contributed by atoms with E-state index in [9.17, 15) is 22.8 Å². The fourth-order valence-electron chi connectivity index (χ4n) is 1.85. The lowest BCUT2D eigenvalue weighted by Crippen LogP contribution is -2.41. The predicted molar refractivity (Wildman–Crippen MR) is 66.5 cm³/mol. The molecule has 0 saturated heterocycles. The van der Waals surface area contributed by atoms with Gasteiger partial charge in [-0.15, -0.1) is 0 Å². The summed E-state index contributed by atoms with van der Waals surface area (Å²) in [6.07, 6.45) is -4.74. The average molecular weight is 284 g/mol. The molecular formula is C13H11F3N2O2. The van der Waals surface area contributed by atoms with Crippen molar-refractivity contribution in [1.29, 1.82) is 0 Å². The number of benzene rings is 1. The Hall–Kier alpha value is -2.31. The molecule has 0 amide bonds. The van der Waals surface area contributed by atoms with Gasteiger partial charge < -0.3 is 0 Å². The summed E-state index contributed by atoms with van der Waals surface area (Å²) in [6.45, 7) is -0.0650. The molecule has 0 aliphatic rings. The van der Waals surface area contributed by atoms with Crippen molar-refractivity contribution in [3.63, 3.8) is 0 Å². The van der Waals surface area contributed by atoms with Crippen LogP contribution in [0.15, 0.2) is 46.0 Å². The van der Waals surface area contributed by atoms with E-state index in [-0.39, 0.29) is 6.54 Å². The van der Waals surface area contributed by atoms with Gasteiger partial charge in [-0.1, -0.05) is 30.3 Å². The second kappa shape index (κ2) is 4.99. The van der Waals surface area contributed by atoms with Crippen molar-refractivity contribution in [3.8, 4) is 0 Å². The molecule has 0 aliphatic carbocycles. The minimum Gasteiger partial charge on any atom is -0.292 e. The molecule has 0 bridgehead atoms. The zero-order valence-corrected chi connectivity index (χ0v) is 10.5. The van der Waals surface area contributed by atoms with Gasteiger partial charge in [-0.25, -0.2) is 4.79 Å². The Labute approximate surface area is 111 Å². The van der Waals surface area contributed by atoms with Crippen molar-refractivity contribution < 1.29 is 13.2 Å². The van der Waals surface area contributed by atoms with Gasteiger partial charge in [0.15, 0.2) is 0 Å². The van der Waals surface area contributed by atoms with Gasteiger partial charge in [0.2, 0.25) is 0 Å². The van der Waals surface area contributed by atoms with Gasteiger partial charge in [0.05, 0.1) is 6.54 Å². The van der Waals surface area contributed by atoms with Crippen molar-refractivity contribution in [2.45, 2.75) is 12.7 Å². The Balaban J connectivity index is 2.55. The molecule has 0 atom stereocenters. The number of hydrogen-bond donors (Lipinski definition) is 0. The van der Waals surface area contributed by atoms with Crippen molar-refractivity contribution in [2.75, 3.05) is 0 Å². The van der Waals surface area contributed by atoms with Crippen molar-refractivity contribution in [2.24, 2.45) is 7.05 Å². The van der Waals surface area contributed by atoms with Gasteiger partial charge in [-0.2, -0.15) is 13.2 Å². The van der Waals surface area contributed by atoms with Crippen LogP contribution in [0.5, 0.6) is 0 Å². The van der Waals surface area contributed by atoms with Crippen LogP contribution in [-0.2, 0) is 19.8 Å². The smallest absolute Gasteiger partial charge is 0.292 e. The fourth-order valence-corrected chi connectivity index (χ4v) is 1.85. The quantitative estimate of drug-likeness (QED) is 0.841. The van der Waals surface area contributed by atoms with Crippen LogP contribution < -0.4 is 11.2 Å². The SMILES string of the molecule is Cn1c(C(F)(F)F)cc(=O)n(Cc2ccccc2)c1=O. The molecule has 2 aromatic rings. The standard InChI is InChI=1S/C13H11F3N2O2/c1-17-10(13(14,15)16)7-11(19)18(12(17)20)8-9-5-3-2-4-6-9/h2-7H,8H2,1H3. The van der Waals surface area contributed by atoms with Gasteiger partial charge in [0.25, 0.3) is 5.56 Å². The van der Waals surface area contributed by atoms with E-state index in [1.165, 1.54) is 0 Å². The third-order valence-corrected chi connectivity index (χ3v) is 2.88. The summed E-state index contributed by atoms with van der Waals surface area (Å²) in [5, 5.41) is 0. The zero-order valence-electron chi connectivity index (χ0n) is 10.5. The number of rotatable bonds is 2. The van der Waals surface area contributed by atoms with E-state index in [1.54, 1.807) is 30.3 Å². The van der Waals surface area contributed by atoms with E-state index >= 15 is 0 Å². The molecule has 7 heteroatoms. The highest BCUT2D eigenvalue weighted by Gasteiger charge is 2.34. The Kier molecular flexibility index (Phi) is 3.52. The molecule has 2 rings (SSSR count). The summed E-state index contributed by atoms with van der Waals surface area (Å²) in [5.41, 5.74) is -2.55. The van der Waals surface area contributed by atoms with Gasteiger partial charge in [-0.05, 0) is 5.56 Å². The van der Waals surface area contributed by atoms with Crippen LogP contribution in [0.3, 0.4) is 0 Å². The summed E-state index contributed by atoms with van der Waals surface area (Å²) in [5.74, 6) is 0. The summed E-state index contributed by atoms with van der Waals surface area (Å²) in [4.78, 5) is 23.6. The highest BCUT2D eigenvalue weighted by Crippen LogP contribution is 2.26. The first kappa shape index (κ1) is 14.1. The monoisotopic (exact) mass is 284 g/mol. The molecule has 20 heavy (non-hydrogen) atoms. The lowest BCUT2D eigenvalue weighted by atomic mass is 10.2. The van der Waals surface area contributed by atoms with Gasteiger partial charge in [-0.3, -0.25) is 13.9 Å². The maximum Gasteiger partial charge on any atom is 0.431 e. The van der Waals surface area contributed by atoms with E-state index in [1.807, 2.05) is 0 Å². The molecule has 1 aromatic carbocycles. The second-order valence-corrected chi connectivity index (χ2v) is 4.28. The first-order valence-corrected chi connectivity index (χ1v) is 5.72. The van der Waals surface area contributed by atoms with Crippen LogP contribution in [0.1, 0.15) is 11.3 Å². The van der Waals surface area contributed by atoms with Crippen LogP contribution in [0, 0.1) is 0 Å². The molecular weight excluding hydrogens is 273 g/mol. The Bertz CT molecular complexity index is 730. The van der Waals surface area contributed by atoms with Crippen LogP contribution in [0.25, 0.3) is 0 Å². The lowest BCUT2D eigenvalue weighted by molar-refractivity contribution is -0.144. The Morgan fingerprint density at radius 1 is 1.10 bits per heavy atom. The molecule has 0 unspecified atom stereocenters. The van der Waals surface area contributed by atoms with Crippen LogP contribution in [-0.4, -0.2) is 9.13 Å². The molecule has 0 saturated carbocycles. The van der Waals surface area contributed by atoms with E-state index in [2.05, 4.69) is 0 Å². The Morgan fingerprint density at radius 2 is 1.70 bits per heavy atom. The summed E-state index contributed by atoms with van der Waals surface area (Å²) in [7, 11) is 0.992. The number of hydrogen-bond acceptors (Lipinski definition) is 2. The molecule has 1 heterocycles. The maximum absolute atomic E-state index is 12.7. The van der Waals surface area contributed by atoms with Gasteiger partial charge >= 0.3 is 11.9 Å². The summed E-state index contributed by atoms with van der Waals surface area (Å²) < 4.78 is 39.2. The molecule has 0 aliphatic heterocycles. The molecule has 0 radical (unpaired) electrons. The molecule has 0 spiro atoms. The normalized spacial score (nSPS) is 11.6. The summed E-state index contributed by atoms with van der Waals surface area (Å²) in [6, 6.07) is 9.00. The molecule has 106 valence electrons. The van der Waals surface area contributed by atoms with Crippen LogP contribution in [0.4, 0.5) is 13.2 Å². The largest absolute Gasteiger partial charge is 0.431 e. The van der Waals surface area contributed by atoms with Gasteiger partial charge in [0.1, 0.15) is 5.69 Å². The number of nitrogens with zero attached hydrogens (tertiary/aromatic N) is 2. The predicted octanol–water partition coefficient (Wildman–Crippen LogP) is 1.61. The second-order valence-electron chi connectivity index (χ2n) is 4.28. The minimum atomic E-state index is -4.74. The topological polar surface area (TPSA) is 44.0 Å². The van der Waals surface area contributed by atoms with Crippen molar-refractivity contribution in [1.82, 2.24) is 9.13 Å². The molecule has 0 N–H and O–H groups in total. The lowest BCUT2D eigenvalue weighted by Gasteiger charge is -2.13. The minimum absolute atomic E-state index is 0.0650. The van der Waals surface area contributed by atoms with Crippen molar-refractivity contribution >= 4 is 0 Å². The summed E-state index contributed by atoms with van der Waals surface area (Å²) >= 11 is 0. The first-order valence-electron chi connectivity index (χ1n) is 5.72. The highest BCUT2D eigenvalue weighted by atomic mass is 19.4. The fraction of sp³-hybridized carbons (Fsp3) is 0.231. The number of halogens is 3. The first-order chi connectivity index (χ1) is 9.30. The van der Waals surface area contributed by atoms with E-state index in [0.717, 1.165) is 11.6 Å².